The van der Waals surface area contributed by atoms with Crippen molar-refractivity contribution in [2.24, 2.45) is 0 Å². The monoisotopic (exact) mass is 315 g/mol. The van der Waals surface area contributed by atoms with Crippen LogP contribution >= 0.6 is 0 Å². The van der Waals surface area contributed by atoms with Crippen molar-refractivity contribution in [3.63, 3.8) is 0 Å². The number of hydrogen-bond donors (Lipinski definition) is 2. The van der Waals surface area contributed by atoms with E-state index in [1.807, 2.05) is 0 Å². The summed E-state index contributed by atoms with van der Waals surface area (Å²) in [5.41, 5.74) is 5.40. The highest BCUT2D eigenvalue weighted by molar-refractivity contribution is 7.89. The van der Waals surface area contributed by atoms with Gasteiger partial charge in [-0.1, -0.05) is 6.07 Å². The van der Waals surface area contributed by atoms with E-state index in [1.54, 1.807) is 11.8 Å². The minimum atomic E-state index is -4.07. The predicted octanol–water partition coefficient (Wildman–Crippen LogP) is 0.697. The van der Waals surface area contributed by atoms with Gasteiger partial charge in [0.05, 0.1) is 5.69 Å². The number of halogens is 1. The number of carbonyl (C=O) groups is 1. The first-order valence-corrected chi connectivity index (χ1v) is 8.13. The summed E-state index contributed by atoms with van der Waals surface area (Å²) < 4.78 is 40.5. The van der Waals surface area contributed by atoms with E-state index in [2.05, 4.69) is 4.72 Å². The second-order valence-corrected chi connectivity index (χ2v) is 6.77. The van der Waals surface area contributed by atoms with Gasteiger partial charge in [-0.3, -0.25) is 4.79 Å². The maximum Gasteiger partial charge on any atom is 0.245 e. The normalized spacial score (nSPS) is 17.2. The zero-order valence-corrected chi connectivity index (χ0v) is 12.5. The lowest BCUT2D eigenvalue weighted by Gasteiger charge is -2.22. The van der Waals surface area contributed by atoms with Crippen molar-refractivity contribution in [1.29, 1.82) is 0 Å². The number of carbonyl (C=O) groups excluding carboxylic acids is 1. The summed E-state index contributed by atoms with van der Waals surface area (Å²) >= 11 is 0. The van der Waals surface area contributed by atoms with Gasteiger partial charge < -0.3 is 10.6 Å². The Labute approximate surface area is 123 Å². The van der Waals surface area contributed by atoms with E-state index >= 15 is 0 Å². The van der Waals surface area contributed by atoms with E-state index in [0.717, 1.165) is 12.5 Å². The van der Waals surface area contributed by atoms with Crippen molar-refractivity contribution in [2.75, 3.05) is 18.8 Å². The Kier molecular flexibility index (Phi) is 4.48. The van der Waals surface area contributed by atoms with E-state index in [9.17, 15) is 17.6 Å². The number of anilines is 1. The number of rotatable bonds is 5. The van der Waals surface area contributed by atoms with Crippen LogP contribution in [-0.2, 0) is 14.8 Å². The van der Waals surface area contributed by atoms with Crippen LogP contribution in [0.1, 0.15) is 19.8 Å². The highest BCUT2D eigenvalue weighted by Crippen LogP contribution is 2.21. The fraction of sp³-hybridized carbons (Fsp3) is 0.462. The predicted molar refractivity (Wildman–Crippen MR) is 76.4 cm³/mol. The zero-order chi connectivity index (χ0) is 15.6. The number of nitrogens with two attached hydrogens (primary N) is 1. The molecular weight excluding hydrogens is 297 g/mol. The maximum absolute atomic E-state index is 13.7. The Morgan fingerprint density at radius 1 is 1.48 bits per heavy atom. The van der Waals surface area contributed by atoms with Crippen LogP contribution in [0, 0.1) is 5.82 Å². The van der Waals surface area contributed by atoms with E-state index in [-0.39, 0.29) is 18.1 Å². The van der Waals surface area contributed by atoms with Crippen LogP contribution in [0.4, 0.5) is 10.1 Å². The van der Waals surface area contributed by atoms with Crippen molar-refractivity contribution in [2.45, 2.75) is 30.7 Å². The van der Waals surface area contributed by atoms with Crippen molar-refractivity contribution >= 4 is 21.6 Å². The molecule has 1 aliphatic rings. The van der Waals surface area contributed by atoms with Gasteiger partial charge >= 0.3 is 0 Å². The molecule has 21 heavy (non-hydrogen) atoms. The molecule has 1 aliphatic heterocycles. The highest BCUT2D eigenvalue weighted by atomic mass is 32.2. The standard InChI is InChI=1S/C13H18FN3O3S/c1-9(8-17-7-3-6-12(17)18)16-21(19,20)13-10(14)4-2-5-11(13)15/h2,4-5,9,16H,3,6-8,15H2,1H3. The third kappa shape index (κ3) is 3.51. The molecule has 1 aromatic rings. The fourth-order valence-electron chi connectivity index (χ4n) is 2.40. The zero-order valence-electron chi connectivity index (χ0n) is 11.7. The quantitative estimate of drug-likeness (QED) is 0.782. The van der Waals surface area contributed by atoms with E-state index in [4.69, 9.17) is 5.73 Å². The van der Waals surface area contributed by atoms with Gasteiger partial charge in [0, 0.05) is 25.6 Å². The van der Waals surface area contributed by atoms with E-state index < -0.39 is 26.8 Å². The number of amides is 1. The Hall–Kier alpha value is -1.67. The number of hydrogen-bond acceptors (Lipinski definition) is 4. The van der Waals surface area contributed by atoms with E-state index in [1.165, 1.54) is 12.1 Å². The summed E-state index contributed by atoms with van der Waals surface area (Å²) in [4.78, 5) is 12.6. The average Bonchev–Trinajstić information content (AvgIpc) is 2.73. The Balaban J connectivity index is 2.12. The van der Waals surface area contributed by atoms with Gasteiger partial charge in [-0.25, -0.2) is 17.5 Å². The lowest BCUT2D eigenvalue weighted by atomic mass is 10.3. The number of nitrogens with zero attached hydrogens (tertiary/aromatic N) is 1. The summed E-state index contributed by atoms with van der Waals surface area (Å²) in [5, 5.41) is 0. The lowest BCUT2D eigenvalue weighted by molar-refractivity contribution is -0.127. The second-order valence-electron chi connectivity index (χ2n) is 5.12. The molecule has 1 unspecified atom stereocenters. The Bertz CT molecular complexity index is 628. The van der Waals surface area contributed by atoms with Crippen LogP contribution < -0.4 is 10.5 Å². The topological polar surface area (TPSA) is 92.5 Å². The molecule has 1 amide bonds. The first-order valence-electron chi connectivity index (χ1n) is 6.65. The van der Waals surface area contributed by atoms with Crippen LogP contribution in [0.25, 0.3) is 0 Å². The smallest absolute Gasteiger partial charge is 0.245 e. The van der Waals surface area contributed by atoms with Crippen LogP contribution in [-0.4, -0.2) is 38.4 Å². The molecule has 0 aromatic heterocycles. The molecule has 1 saturated heterocycles. The summed E-state index contributed by atoms with van der Waals surface area (Å²) in [6.45, 7) is 2.50. The van der Waals surface area contributed by atoms with Gasteiger partial charge in [-0.2, -0.15) is 0 Å². The summed E-state index contributed by atoms with van der Waals surface area (Å²) in [6.07, 6.45) is 1.26. The van der Waals surface area contributed by atoms with Crippen molar-refractivity contribution in [3.8, 4) is 0 Å². The van der Waals surface area contributed by atoms with E-state index in [0.29, 0.717) is 13.0 Å². The molecule has 1 fully saturated rings. The van der Waals surface area contributed by atoms with Crippen LogP contribution in [0.2, 0.25) is 0 Å². The highest BCUT2D eigenvalue weighted by Gasteiger charge is 2.27. The number of nitrogen functional groups attached to an aromatic ring is 1. The van der Waals surface area contributed by atoms with Crippen molar-refractivity contribution in [1.82, 2.24) is 9.62 Å². The molecule has 116 valence electrons. The molecule has 0 aliphatic carbocycles. The largest absolute Gasteiger partial charge is 0.398 e. The average molecular weight is 315 g/mol. The summed E-state index contributed by atoms with van der Waals surface area (Å²) in [6, 6.07) is 3.18. The second kappa shape index (κ2) is 5.98. The number of sulfonamides is 1. The molecule has 0 spiro atoms. The van der Waals surface area contributed by atoms with Crippen LogP contribution in [0.3, 0.4) is 0 Å². The number of likely N-dealkylation sites (tertiary alicyclic amines) is 1. The van der Waals surface area contributed by atoms with Gasteiger partial charge in [0.1, 0.15) is 10.7 Å². The molecule has 1 heterocycles. The molecule has 0 saturated carbocycles. The molecular formula is C13H18FN3O3S. The van der Waals surface area contributed by atoms with Gasteiger partial charge in [-0.05, 0) is 25.5 Å². The summed E-state index contributed by atoms with van der Waals surface area (Å²) in [7, 11) is -4.07. The maximum atomic E-state index is 13.7. The Morgan fingerprint density at radius 2 is 2.19 bits per heavy atom. The number of nitrogens with one attached hydrogen (secondary N) is 1. The molecule has 1 atom stereocenters. The lowest BCUT2D eigenvalue weighted by Crippen LogP contribution is -2.42. The number of benzene rings is 1. The molecule has 3 N–H and O–H groups in total. The van der Waals surface area contributed by atoms with Gasteiger partial charge in [0.25, 0.3) is 0 Å². The molecule has 0 bridgehead atoms. The minimum Gasteiger partial charge on any atom is -0.398 e. The van der Waals surface area contributed by atoms with Gasteiger partial charge in [0.2, 0.25) is 15.9 Å². The first kappa shape index (κ1) is 15.7. The minimum absolute atomic E-state index is 0.00598. The molecule has 1 aromatic carbocycles. The van der Waals surface area contributed by atoms with Gasteiger partial charge in [-0.15, -0.1) is 0 Å². The first-order chi connectivity index (χ1) is 9.81. The van der Waals surface area contributed by atoms with Crippen LogP contribution in [0.5, 0.6) is 0 Å². The fourth-order valence-corrected chi connectivity index (χ4v) is 3.82. The van der Waals surface area contributed by atoms with Gasteiger partial charge in [0.15, 0.2) is 0 Å². The van der Waals surface area contributed by atoms with Crippen LogP contribution in [0.15, 0.2) is 23.1 Å². The third-order valence-electron chi connectivity index (χ3n) is 3.29. The third-order valence-corrected chi connectivity index (χ3v) is 4.97. The molecule has 6 nitrogen and oxygen atoms in total. The Morgan fingerprint density at radius 3 is 2.76 bits per heavy atom. The molecule has 8 heteroatoms. The summed E-state index contributed by atoms with van der Waals surface area (Å²) in [5.74, 6) is -0.890. The molecule has 0 radical (unpaired) electrons. The van der Waals surface area contributed by atoms with Crippen molar-refractivity contribution in [3.05, 3.63) is 24.0 Å². The molecule has 2 rings (SSSR count). The van der Waals surface area contributed by atoms with Crippen molar-refractivity contribution < 1.29 is 17.6 Å². The SMILES string of the molecule is CC(CN1CCCC1=O)NS(=O)(=O)c1c(N)cccc1F.